The first-order chi connectivity index (χ1) is 1.41. The zero-order chi connectivity index (χ0) is 2.71. The summed E-state index contributed by atoms with van der Waals surface area (Å²) in [6, 6.07) is 0. The molecule has 0 aromatic heterocycles. The minimum atomic E-state index is 0. The first kappa shape index (κ1) is 19.1. The van der Waals surface area contributed by atoms with Crippen molar-refractivity contribution in [2.75, 3.05) is 0 Å². The average molecular weight is 156 g/mol. The van der Waals surface area contributed by atoms with Crippen LogP contribution in [0.25, 0.3) is 0 Å². The smallest absolute Gasteiger partial charge is 0 e. The van der Waals surface area contributed by atoms with Crippen molar-refractivity contribution in [2.45, 2.75) is 0 Å². The predicted molar refractivity (Wildman–Crippen MR) is 14.3 cm³/mol. The van der Waals surface area contributed by atoms with Gasteiger partial charge in [-0.15, -0.1) is 0 Å². The van der Waals surface area contributed by atoms with Crippen molar-refractivity contribution in [3.8, 4) is 0 Å². The Kier molecular flexibility index (Phi) is 117. The van der Waals surface area contributed by atoms with Crippen molar-refractivity contribution >= 4 is 6.47 Å². The van der Waals surface area contributed by atoms with Crippen LogP contribution < -0.4 is 6.15 Å². The summed E-state index contributed by atoms with van der Waals surface area (Å²) in [5.41, 5.74) is 0. The molecule has 0 aromatic rings. The van der Waals surface area contributed by atoms with Crippen molar-refractivity contribution in [1.82, 2.24) is 6.15 Å². The summed E-state index contributed by atoms with van der Waals surface area (Å²) in [6.07, 6.45) is 0. The van der Waals surface area contributed by atoms with Gasteiger partial charge in [-0.25, -0.2) is 0 Å². The van der Waals surface area contributed by atoms with E-state index in [9.17, 15) is 0 Å². The third-order valence-corrected chi connectivity index (χ3v) is 0. The molecule has 3 nitrogen and oxygen atoms in total. The Morgan fingerprint density at radius 3 is 1.60 bits per heavy atom. The fraction of sp³-hybridized carbons (Fsp3) is 0. The standard InChI is InChI=1S/CHO2.H3N.Nb/c2-1-3;;/h(H,2,3);1H3;/q-1;;/p+1. The van der Waals surface area contributed by atoms with Gasteiger partial charge in [0.1, 0.15) is 0 Å². The molecule has 4 heteroatoms. The first-order valence-corrected chi connectivity index (χ1v) is 0.428. The molecule has 0 rings (SSSR count). The van der Waals surface area contributed by atoms with Gasteiger partial charge < -0.3 is 16.1 Å². The van der Waals surface area contributed by atoms with Crippen molar-refractivity contribution in [3.05, 3.63) is 0 Å². The van der Waals surface area contributed by atoms with E-state index in [0.29, 0.717) is 6.47 Å². The van der Waals surface area contributed by atoms with E-state index in [2.05, 4.69) is 0 Å². The number of rotatable bonds is 0. The van der Waals surface area contributed by atoms with Crippen LogP contribution in [0, 0.1) is 0 Å². The SMILES string of the molecule is O=[C-]O.[NH4+].[Nb]. The van der Waals surface area contributed by atoms with Gasteiger partial charge in [0.25, 0.3) is 0 Å². The molecule has 0 atom stereocenters. The summed E-state index contributed by atoms with van der Waals surface area (Å²) in [5.74, 6) is 0. The van der Waals surface area contributed by atoms with Crippen molar-refractivity contribution in [2.24, 2.45) is 0 Å². The van der Waals surface area contributed by atoms with Crippen LogP contribution in [0.15, 0.2) is 0 Å². The van der Waals surface area contributed by atoms with E-state index in [0.717, 1.165) is 0 Å². The molecular formula is CH5NNbO2. The van der Waals surface area contributed by atoms with Gasteiger partial charge in [-0.05, 0) is 0 Å². The third-order valence-electron chi connectivity index (χ3n) is 0. The van der Waals surface area contributed by atoms with E-state index in [4.69, 9.17) is 9.90 Å². The maximum atomic E-state index is 8.24. The molecule has 0 fully saturated rings. The Bertz CT molecular complexity index is 17.1. The average Bonchev–Trinajstić information content (AvgIpc) is 0.918. The number of hydrogen-bond acceptors (Lipinski definition) is 1. The fourth-order valence-electron chi connectivity index (χ4n) is 0. The van der Waals surface area contributed by atoms with Crippen LogP contribution in [0.1, 0.15) is 0 Å². The maximum absolute atomic E-state index is 8.24. The minimum absolute atomic E-state index is 0. The number of hydrogen-bond donors (Lipinski definition) is 2. The molecule has 0 saturated heterocycles. The second-order valence-corrected chi connectivity index (χ2v) is 0.0913. The monoisotopic (exact) mass is 156 g/mol. The van der Waals surface area contributed by atoms with Crippen molar-refractivity contribution < 1.29 is 32.3 Å². The van der Waals surface area contributed by atoms with Gasteiger partial charge in [0.15, 0.2) is 0 Å². The van der Waals surface area contributed by atoms with Crippen LogP contribution in [0.3, 0.4) is 0 Å². The molecule has 0 aliphatic carbocycles. The quantitative estimate of drug-likeness (QED) is 0.382. The van der Waals surface area contributed by atoms with Crippen molar-refractivity contribution in [1.29, 1.82) is 0 Å². The van der Waals surface area contributed by atoms with Crippen LogP contribution in [0.4, 0.5) is 0 Å². The largest absolute Gasteiger partial charge is 0.665 e. The van der Waals surface area contributed by atoms with E-state index >= 15 is 0 Å². The summed E-state index contributed by atoms with van der Waals surface area (Å²) in [6.45, 7) is 0.500. The number of quaternary nitrogens is 1. The molecule has 0 aromatic carbocycles. The van der Waals surface area contributed by atoms with Crippen LogP contribution in [0.5, 0.6) is 0 Å². The van der Waals surface area contributed by atoms with Crippen LogP contribution >= 0.6 is 0 Å². The Hall–Kier alpha value is 0.170. The Balaban J connectivity index is -0.0000000200. The van der Waals surface area contributed by atoms with Gasteiger partial charge in [0, 0.05) is 22.4 Å². The predicted octanol–water partition coefficient (Wildman–Crippen LogP) is -0.0147. The third kappa shape index (κ3) is 678. The van der Waals surface area contributed by atoms with E-state index < -0.39 is 0 Å². The Labute approximate surface area is 45.5 Å². The normalized spacial score (nSPS) is 2.40. The summed E-state index contributed by atoms with van der Waals surface area (Å²) in [7, 11) is 0. The molecule has 0 aliphatic rings. The molecule has 5 heavy (non-hydrogen) atoms. The van der Waals surface area contributed by atoms with Gasteiger partial charge in [-0.2, -0.15) is 0 Å². The molecule has 31 valence electrons. The zero-order valence-electron chi connectivity index (χ0n) is 2.80. The second-order valence-electron chi connectivity index (χ2n) is 0.0913. The van der Waals surface area contributed by atoms with E-state index in [1.54, 1.807) is 0 Å². The molecule has 0 aliphatic heterocycles. The maximum Gasteiger partial charge on any atom is 0 e. The first-order valence-electron chi connectivity index (χ1n) is 0.428. The van der Waals surface area contributed by atoms with Crippen molar-refractivity contribution in [3.63, 3.8) is 0 Å². The molecule has 0 heterocycles. The number of aliphatic hydroxyl groups excluding tert-OH is 1. The van der Waals surface area contributed by atoms with Gasteiger partial charge >= 0.3 is 0 Å². The zero-order valence-corrected chi connectivity index (χ0v) is 5.00. The molecule has 0 spiro atoms. The van der Waals surface area contributed by atoms with Crippen LogP contribution in [0.2, 0.25) is 0 Å². The fourth-order valence-corrected chi connectivity index (χ4v) is 0. The summed E-state index contributed by atoms with van der Waals surface area (Å²) in [4.78, 5) is 8.24. The molecule has 0 bridgehead atoms. The van der Waals surface area contributed by atoms with Gasteiger partial charge in [-0.3, -0.25) is 0 Å². The van der Waals surface area contributed by atoms with Crippen LogP contribution in [-0.2, 0) is 27.2 Å². The van der Waals surface area contributed by atoms with E-state index in [1.165, 1.54) is 0 Å². The van der Waals surface area contributed by atoms with Gasteiger partial charge in [0.2, 0.25) is 0 Å². The topological polar surface area (TPSA) is 73.8 Å². The summed E-state index contributed by atoms with van der Waals surface area (Å²) < 4.78 is 0. The molecule has 0 amide bonds. The summed E-state index contributed by atoms with van der Waals surface area (Å²) in [5, 5.41) is 6.76. The molecule has 1 radical (unpaired) electrons. The second kappa shape index (κ2) is 30.6. The minimum Gasteiger partial charge on any atom is -0.665 e. The van der Waals surface area contributed by atoms with Gasteiger partial charge in [-0.1, -0.05) is 6.47 Å². The summed E-state index contributed by atoms with van der Waals surface area (Å²) >= 11 is 0. The van der Waals surface area contributed by atoms with E-state index in [1.807, 2.05) is 0 Å². The van der Waals surface area contributed by atoms with E-state index in [-0.39, 0.29) is 28.5 Å². The molecule has 0 unspecified atom stereocenters. The Morgan fingerprint density at radius 1 is 1.60 bits per heavy atom. The molecule has 5 N–H and O–H groups in total. The molecule has 0 saturated carbocycles. The van der Waals surface area contributed by atoms with Gasteiger partial charge in [0.05, 0.1) is 0 Å². The van der Waals surface area contributed by atoms with Crippen LogP contribution in [-0.4, -0.2) is 11.6 Å². The molecular weight excluding hydrogens is 151 g/mol. The Morgan fingerprint density at radius 2 is 1.60 bits per heavy atom.